The number of phenols is 1. The third kappa shape index (κ3) is 2.70. The lowest BCUT2D eigenvalue weighted by Crippen LogP contribution is -2.38. The standard InChI is InChI=1S/C13H20N2O2/c14-10-13(17)6-3-8-15(9-7-13)11-4-1-2-5-12(11)16/h1-2,4-5,16-17H,3,6-10,14H2. The van der Waals surface area contributed by atoms with Crippen LogP contribution in [-0.2, 0) is 0 Å². The van der Waals surface area contributed by atoms with Gasteiger partial charge in [0.2, 0.25) is 0 Å². The number of nitrogens with zero attached hydrogens (tertiary/aromatic N) is 1. The number of aromatic hydroxyl groups is 1. The smallest absolute Gasteiger partial charge is 0.138 e. The second-order valence-corrected chi connectivity index (χ2v) is 4.76. The van der Waals surface area contributed by atoms with Crippen LogP contribution in [0.2, 0.25) is 0 Å². The number of benzene rings is 1. The van der Waals surface area contributed by atoms with Crippen molar-refractivity contribution in [3.8, 4) is 5.75 Å². The fraction of sp³-hybridized carbons (Fsp3) is 0.538. The van der Waals surface area contributed by atoms with Crippen molar-refractivity contribution in [1.29, 1.82) is 0 Å². The molecule has 1 aromatic carbocycles. The molecule has 0 aliphatic carbocycles. The van der Waals surface area contributed by atoms with Gasteiger partial charge in [-0.05, 0) is 31.4 Å². The fourth-order valence-electron chi connectivity index (χ4n) is 2.36. The Kier molecular flexibility index (Phi) is 3.54. The Balaban J connectivity index is 2.12. The molecule has 0 radical (unpaired) electrons. The van der Waals surface area contributed by atoms with Crippen molar-refractivity contribution in [2.75, 3.05) is 24.5 Å². The summed E-state index contributed by atoms with van der Waals surface area (Å²) in [5.41, 5.74) is 5.71. The number of anilines is 1. The number of hydrogen-bond donors (Lipinski definition) is 3. The predicted molar refractivity (Wildman–Crippen MR) is 68.2 cm³/mol. The predicted octanol–water partition coefficient (Wildman–Crippen LogP) is 1.07. The van der Waals surface area contributed by atoms with E-state index in [1.807, 2.05) is 18.2 Å². The van der Waals surface area contributed by atoms with Gasteiger partial charge in [0.1, 0.15) is 5.75 Å². The molecule has 94 valence electrons. The Morgan fingerprint density at radius 1 is 1.24 bits per heavy atom. The average molecular weight is 236 g/mol. The van der Waals surface area contributed by atoms with Crippen LogP contribution in [0.4, 0.5) is 5.69 Å². The van der Waals surface area contributed by atoms with Crippen molar-refractivity contribution < 1.29 is 10.2 Å². The second-order valence-electron chi connectivity index (χ2n) is 4.76. The second kappa shape index (κ2) is 4.94. The van der Waals surface area contributed by atoms with Crippen LogP contribution in [0.5, 0.6) is 5.75 Å². The molecule has 2 rings (SSSR count). The monoisotopic (exact) mass is 236 g/mol. The average Bonchev–Trinajstić information content (AvgIpc) is 2.53. The molecule has 4 nitrogen and oxygen atoms in total. The van der Waals surface area contributed by atoms with Gasteiger partial charge in [-0.3, -0.25) is 0 Å². The van der Waals surface area contributed by atoms with E-state index in [0.717, 1.165) is 31.6 Å². The van der Waals surface area contributed by atoms with Crippen molar-refractivity contribution >= 4 is 5.69 Å². The summed E-state index contributed by atoms with van der Waals surface area (Å²) in [5.74, 6) is 0.297. The van der Waals surface area contributed by atoms with Gasteiger partial charge < -0.3 is 20.8 Å². The van der Waals surface area contributed by atoms with Gasteiger partial charge in [0, 0.05) is 19.6 Å². The van der Waals surface area contributed by atoms with Crippen molar-refractivity contribution in [2.45, 2.75) is 24.9 Å². The van der Waals surface area contributed by atoms with Gasteiger partial charge in [0.15, 0.2) is 0 Å². The Bertz CT molecular complexity index is 383. The Labute approximate surface area is 102 Å². The van der Waals surface area contributed by atoms with Crippen LogP contribution in [0.25, 0.3) is 0 Å². The number of aliphatic hydroxyl groups is 1. The van der Waals surface area contributed by atoms with E-state index in [2.05, 4.69) is 4.90 Å². The largest absolute Gasteiger partial charge is 0.506 e. The molecular weight excluding hydrogens is 216 g/mol. The van der Waals surface area contributed by atoms with Crippen LogP contribution >= 0.6 is 0 Å². The maximum atomic E-state index is 10.2. The summed E-state index contributed by atoms with van der Waals surface area (Å²) >= 11 is 0. The molecule has 0 bridgehead atoms. The summed E-state index contributed by atoms with van der Waals surface area (Å²) < 4.78 is 0. The van der Waals surface area contributed by atoms with E-state index < -0.39 is 5.60 Å². The van der Waals surface area contributed by atoms with Crippen molar-refractivity contribution in [3.63, 3.8) is 0 Å². The molecule has 0 aromatic heterocycles. The molecule has 1 atom stereocenters. The summed E-state index contributed by atoms with van der Waals surface area (Å²) in [5, 5.41) is 20.0. The van der Waals surface area contributed by atoms with Gasteiger partial charge in [-0.1, -0.05) is 12.1 Å². The summed E-state index contributed by atoms with van der Waals surface area (Å²) in [7, 11) is 0. The van der Waals surface area contributed by atoms with Gasteiger partial charge in [0.05, 0.1) is 11.3 Å². The van der Waals surface area contributed by atoms with Crippen molar-refractivity contribution in [2.24, 2.45) is 5.73 Å². The van der Waals surface area contributed by atoms with Crippen LogP contribution < -0.4 is 10.6 Å². The molecule has 17 heavy (non-hydrogen) atoms. The SMILES string of the molecule is NCC1(O)CCCN(c2ccccc2O)CC1. The van der Waals surface area contributed by atoms with Gasteiger partial charge >= 0.3 is 0 Å². The Hall–Kier alpha value is -1.26. The lowest BCUT2D eigenvalue weighted by atomic mass is 9.95. The lowest BCUT2D eigenvalue weighted by molar-refractivity contribution is 0.0375. The van der Waals surface area contributed by atoms with Crippen molar-refractivity contribution in [1.82, 2.24) is 0 Å². The summed E-state index contributed by atoms with van der Waals surface area (Å²) in [4.78, 5) is 2.11. The number of phenolic OH excluding ortho intramolecular Hbond substituents is 1. The molecule has 1 aromatic rings. The summed E-state index contributed by atoms with van der Waals surface area (Å²) in [6.07, 6.45) is 2.27. The zero-order valence-electron chi connectivity index (χ0n) is 9.97. The molecule has 1 saturated heterocycles. The van der Waals surface area contributed by atoms with E-state index in [0.29, 0.717) is 18.7 Å². The number of para-hydroxylation sites is 2. The third-order valence-corrected chi connectivity index (χ3v) is 3.52. The van der Waals surface area contributed by atoms with Crippen LogP contribution in [0, 0.1) is 0 Å². The number of hydrogen-bond acceptors (Lipinski definition) is 4. The highest BCUT2D eigenvalue weighted by Gasteiger charge is 2.29. The molecule has 1 unspecified atom stereocenters. The Morgan fingerprint density at radius 2 is 2.00 bits per heavy atom. The zero-order chi connectivity index (χ0) is 12.3. The first kappa shape index (κ1) is 12.2. The number of nitrogens with two attached hydrogens (primary N) is 1. The van der Waals surface area contributed by atoms with Gasteiger partial charge in [0.25, 0.3) is 0 Å². The fourth-order valence-corrected chi connectivity index (χ4v) is 2.36. The molecule has 1 fully saturated rings. The van der Waals surface area contributed by atoms with Gasteiger partial charge in [-0.15, -0.1) is 0 Å². The molecule has 1 aliphatic heterocycles. The highest BCUT2D eigenvalue weighted by molar-refractivity contribution is 5.57. The quantitative estimate of drug-likeness (QED) is 0.718. The number of rotatable bonds is 2. The summed E-state index contributed by atoms with van der Waals surface area (Å²) in [6, 6.07) is 7.32. The summed E-state index contributed by atoms with van der Waals surface area (Å²) in [6.45, 7) is 1.88. The van der Waals surface area contributed by atoms with Crippen molar-refractivity contribution in [3.05, 3.63) is 24.3 Å². The molecule has 1 aliphatic rings. The van der Waals surface area contributed by atoms with Crippen LogP contribution in [-0.4, -0.2) is 35.4 Å². The third-order valence-electron chi connectivity index (χ3n) is 3.52. The Morgan fingerprint density at radius 3 is 2.71 bits per heavy atom. The van der Waals surface area contributed by atoms with Gasteiger partial charge in [-0.25, -0.2) is 0 Å². The molecule has 0 amide bonds. The van der Waals surface area contributed by atoms with Crippen LogP contribution in [0.3, 0.4) is 0 Å². The van der Waals surface area contributed by atoms with E-state index in [9.17, 15) is 10.2 Å². The molecule has 0 spiro atoms. The van der Waals surface area contributed by atoms with E-state index in [4.69, 9.17) is 5.73 Å². The molecule has 4 N–H and O–H groups in total. The molecule has 1 heterocycles. The van der Waals surface area contributed by atoms with E-state index in [-0.39, 0.29) is 0 Å². The maximum Gasteiger partial charge on any atom is 0.138 e. The molecule has 4 heteroatoms. The highest BCUT2D eigenvalue weighted by Crippen LogP contribution is 2.30. The van der Waals surface area contributed by atoms with Crippen LogP contribution in [0.1, 0.15) is 19.3 Å². The first-order valence-corrected chi connectivity index (χ1v) is 6.10. The first-order valence-electron chi connectivity index (χ1n) is 6.10. The lowest BCUT2D eigenvalue weighted by Gasteiger charge is -2.26. The van der Waals surface area contributed by atoms with Crippen LogP contribution in [0.15, 0.2) is 24.3 Å². The minimum absolute atomic E-state index is 0.297. The highest BCUT2D eigenvalue weighted by atomic mass is 16.3. The van der Waals surface area contributed by atoms with E-state index in [1.165, 1.54) is 0 Å². The normalized spacial score (nSPS) is 25.6. The topological polar surface area (TPSA) is 69.7 Å². The first-order chi connectivity index (χ1) is 8.14. The zero-order valence-corrected chi connectivity index (χ0v) is 9.97. The van der Waals surface area contributed by atoms with E-state index >= 15 is 0 Å². The minimum atomic E-state index is -0.737. The molecular formula is C13H20N2O2. The minimum Gasteiger partial charge on any atom is -0.506 e. The van der Waals surface area contributed by atoms with E-state index in [1.54, 1.807) is 6.07 Å². The van der Waals surface area contributed by atoms with Gasteiger partial charge in [-0.2, -0.15) is 0 Å². The molecule has 0 saturated carbocycles. The maximum absolute atomic E-state index is 10.2.